The van der Waals surface area contributed by atoms with Crippen LogP contribution in [0.1, 0.15) is 39.6 Å². The maximum absolute atomic E-state index is 12.6. The number of aryl methyl sites for hydroxylation is 1. The molecule has 1 N–H and O–H groups in total. The van der Waals surface area contributed by atoms with Gasteiger partial charge >= 0.3 is 5.97 Å². The van der Waals surface area contributed by atoms with Gasteiger partial charge < -0.3 is 10.1 Å². The molecule has 0 bridgehead atoms. The predicted octanol–water partition coefficient (Wildman–Crippen LogP) is 4.51. The zero-order valence-electron chi connectivity index (χ0n) is 16.3. The van der Waals surface area contributed by atoms with Crippen molar-refractivity contribution in [3.05, 3.63) is 70.7 Å². The van der Waals surface area contributed by atoms with Gasteiger partial charge in [-0.25, -0.2) is 9.78 Å². The summed E-state index contributed by atoms with van der Waals surface area (Å²) in [5, 5.41) is 3.36. The molecule has 0 saturated heterocycles. The van der Waals surface area contributed by atoms with Crippen molar-refractivity contribution in [3.8, 4) is 10.6 Å². The summed E-state index contributed by atoms with van der Waals surface area (Å²) in [6.07, 6.45) is -1.04. The quantitative estimate of drug-likeness (QED) is 0.479. The summed E-state index contributed by atoms with van der Waals surface area (Å²) in [4.78, 5) is 41.5. The number of rotatable bonds is 6. The van der Waals surface area contributed by atoms with E-state index >= 15 is 0 Å². The van der Waals surface area contributed by atoms with Gasteiger partial charge in [0, 0.05) is 11.1 Å². The van der Waals surface area contributed by atoms with E-state index in [1.54, 1.807) is 31.2 Å². The highest BCUT2D eigenvalue weighted by molar-refractivity contribution is 7.17. The van der Waals surface area contributed by atoms with Gasteiger partial charge in [0.15, 0.2) is 11.9 Å². The third-order valence-corrected chi connectivity index (χ3v) is 5.41. The molecule has 0 saturated carbocycles. The van der Waals surface area contributed by atoms with Crippen molar-refractivity contribution >= 4 is 34.7 Å². The molecule has 29 heavy (non-hydrogen) atoms. The highest BCUT2D eigenvalue weighted by Gasteiger charge is 2.24. The van der Waals surface area contributed by atoms with Crippen molar-refractivity contribution in [2.45, 2.75) is 26.9 Å². The maximum atomic E-state index is 12.6. The molecule has 0 aliphatic carbocycles. The first-order chi connectivity index (χ1) is 13.9. The van der Waals surface area contributed by atoms with Gasteiger partial charge in [0.25, 0.3) is 5.91 Å². The summed E-state index contributed by atoms with van der Waals surface area (Å²) in [7, 11) is 0. The van der Waals surface area contributed by atoms with Gasteiger partial charge in [0.1, 0.15) is 9.88 Å². The molecule has 0 spiro atoms. The van der Waals surface area contributed by atoms with E-state index in [2.05, 4.69) is 10.3 Å². The van der Waals surface area contributed by atoms with Crippen LogP contribution in [0.4, 0.5) is 5.69 Å². The Labute approximate surface area is 172 Å². The number of aromatic nitrogens is 1. The van der Waals surface area contributed by atoms with E-state index in [0.717, 1.165) is 5.56 Å². The molecule has 148 valence electrons. The minimum Gasteiger partial charge on any atom is -0.448 e. The number of amides is 1. The van der Waals surface area contributed by atoms with Gasteiger partial charge in [-0.1, -0.05) is 42.5 Å². The van der Waals surface area contributed by atoms with Crippen LogP contribution in [0.2, 0.25) is 0 Å². The number of hydrogen-bond donors (Lipinski definition) is 1. The second kappa shape index (κ2) is 8.79. The van der Waals surface area contributed by atoms with Crippen molar-refractivity contribution in [3.63, 3.8) is 0 Å². The molecular weight excluding hydrogens is 388 g/mol. The Balaban J connectivity index is 1.70. The lowest BCUT2D eigenvalue weighted by Crippen LogP contribution is -2.30. The topological polar surface area (TPSA) is 85.4 Å². The first-order valence-electron chi connectivity index (χ1n) is 9.01. The van der Waals surface area contributed by atoms with Gasteiger partial charge in [0.2, 0.25) is 0 Å². The zero-order chi connectivity index (χ0) is 21.0. The summed E-state index contributed by atoms with van der Waals surface area (Å²) < 4.78 is 5.34. The number of carbonyl (C=O) groups is 3. The molecule has 7 heteroatoms. The second-order valence-corrected chi connectivity index (χ2v) is 7.44. The average Bonchev–Trinajstić information content (AvgIpc) is 3.10. The fourth-order valence-electron chi connectivity index (χ4n) is 2.69. The van der Waals surface area contributed by atoms with Gasteiger partial charge in [-0.2, -0.15) is 0 Å². The first kappa shape index (κ1) is 20.4. The molecule has 3 rings (SSSR count). The highest BCUT2D eigenvalue weighted by atomic mass is 32.1. The van der Waals surface area contributed by atoms with E-state index in [9.17, 15) is 14.4 Å². The van der Waals surface area contributed by atoms with Crippen LogP contribution >= 0.6 is 11.3 Å². The van der Waals surface area contributed by atoms with Crippen LogP contribution in [0.3, 0.4) is 0 Å². The second-order valence-electron chi connectivity index (χ2n) is 6.44. The molecule has 0 radical (unpaired) electrons. The van der Waals surface area contributed by atoms with Gasteiger partial charge in [-0.3, -0.25) is 9.59 Å². The van der Waals surface area contributed by atoms with E-state index in [4.69, 9.17) is 4.74 Å². The molecule has 0 unspecified atom stereocenters. The number of para-hydroxylation sites is 1. The van der Waals surface area contributed by atoms with E-state index in [-0.39, 0.29) is 5.78 Å². The highest BCUT2D eigenvalue weighted by Crippen LogP contribution is 2.28. The van der Waals surface area contributed by atoms with Crippen LogP contribution in [0.15, 0.2) is 54.6 Å². The first-order valence-corrected chi connectivity index (χ1v) is 9.83. The molecule has 1 amide bonds. The number of carbonyl (C=O) groups excluding carboxylic acids is 3. The molecule has 0 aliphatic heterocycles. The molecule has 3 aromatic rings. The molecule has 1 aromatic heterocycles. The Morgan fingerprint density at radius 2 is 1.69 bits per heavy atom. The SMILES string of the molecule is CC(=O)c1ccccc1NC(=O)[C@@H](C)OC(=O)c1sc(-c2ccccc2)nc1C. The summed E-state index contributed by atoms with van der Waals surface area (Å²) in [6.45, 7) is 4.64. The van der Waals surface area contributed by atoms with E-state index < -0.39 is 18.0 Å². The summed E-state index contributed by atoms with van der Waals surface area (Å²) >= 11 is 1.22. The van der Waals surface area contributed by atoms with Crippen molar-refractivity contribution in [2.75, 3.05) is 5.32 Å². The Morgan fingerprint density at radius 1 is 1.03 bits per heavy atom. The number of benzene rings is 2. The standard InChI is InChI=1S/C22H20N2O4S/c1-13-19(29-21(23-13)16-9-5-4-6-10-16)22(27)28-15(3)20(26)24-18-12-8-7-11-17(18)14(2)25/h4-12,15H,1-3H3,(H,24,26)/t15-/m1/s1. The van der Waals surface area contributed by atoms with E-state index in [0.29, 0.717) is 26.8 Å². The normalized spacial score (nSPS) is 11.6. The van der Waals surface area contributed by atoms with Crippen molar-refractivity contribution < 1.29 is 19.1 Å². The Bertz CT molecular complexity index is 1060. The number of anilines is 1. The van der Waals surface area contributed by atoms with Gasteiger partial charge in [0.05, 0.1) is 11.4 Å². The van der Waals surface area contributed by atoms with Crippen LogP contribution in [0.25, 0.3) is 10.6 Å². The average molecular weight is 408 g/mol. The van der Waals surface area contributed by atoms with Crippen LogP contribution < -0.4 is 5.32 Å². The van der Waals surface area contributed by atoms with Crippen molar-refractivity contribution in [1.29, 1.82) is 0 Å². The minimum atomic E-state index is -1.04. The molecule has 6 nitrogen and oxygen atoms in total. The number of ether oxygens (including phenoxy) is 1. The monoisotopic (exact) mass is 408 g/mol. The lowest BCUT2D eigenvalue weighted by Gasteiger charge is -2.14. The molecule has 1 heterocycles. The molecule has 1 atom stereocenters. The van der Waals surface area contributed by atoms with E-state index in [1.807, 2.05) is 30.3 Å². The maximum Gasteiger partial charge on any atom is 0.351 e. The van der Waals surface area contributed by atoms with Gasteiger partial charge in [-0.15, -0.1) is 11.3 Å². The number of thiazole rings is 1. The summed E-state index contributed by atoms with van der Waals surface area (Å²) in [5.41, 5.74) is 2.23. The Kier molecular flexibility index (Phi) is 6.19. The van der Waals surface area contributed by atoms with Crippen LogP contribution in [0.5, 0.6) is 0 Å². The number of ketones is 1. The molecule has 0 aliphatic rings. The fraction of sp³-hybridized carbons (Fsp3) is 0.182. The number of nitrogens with one attached hydrogen (secondary N) is 1. The van der Waals surface area contributed by atoms with Crippen LogP contribution in [-0.4, -0.2) is 28.7 Å². The summed E-state index contributed by atoms with van der Waals surface area (Å²) in [6, 6.07) is 16.2. The summed E-state index contributed by atoms with van der Waals surface area (Å²) in [5.74, 6) is -1.29. The zero-order valence-corrected chi connectivity index (χ0v) is 17.1. The third kappa shape index (κ3) is 4.75. The van der Waals surface area contributed by atoms with E-state index in [1.165, 1.54) is 25.2 Å². The Hall–Kier alpha value is -3.32. The van der Waals surface area contributed by atoms with Crippen LogP contribution in [-0.2, 0) is 9.53 Å². The predicted molar refractivity (Wildman–Crippen MR) is 112 cm³/mol. The molecule has 0 fully saturated rings. The number of nitrogens with zero attached hydrogens (tertiary/aromatic N) is 1. The lowest BCUT2D eigenvalue weighted by molar-refractivity contribution is -0.123. The number of esters is 1. The number of Topliss-reactive ketones (excluding diaryl/α,β-unsaturated/α-hetero) is 1. The number of hydrogen-bond acceptors (Lipinski definition) is 6. The van der Waals surface area contributed by atoms with Crippen molar-refractivity contribution in [2.24, 2.45) is 0 Å². The largest absolute Gasteiger partial charge is 0.448 e. The molecule has 2 aromatic carbocycles. The van der Waals surface area contributed by atoms with Crippen molar-refractivity contribution in [1.82, 2.24) is 4.98 Å². The Morgan fingerprint density at radius 3 is 2.38 bits per heavy atom. The molecular formula is C22H20N2O4S. The fourth-order valence-corrected chi connectivity index (χ4v) is 3.65. The smallest absolute Gasteiger partial charge is 0.351 e. The third-order valence-electron chi connectivity index (χ3n) is 4.22. The van der Waals surface area contributed by atoms with Gasteiger partial charge in [-0.05, 0) is 32.9 Å². The lowest BCUT2D eigenvalue weighted by atomic mass is 10.1. The minimum absolute atomic E-state index is 0.167. The van der Waals surface area contributed by atoms with Crippen LogP contribution in [0, 0.1) is 6.92 Å².